The maximum atomic E-state index is 12.6. The summed E-state index contributed by atoms with van der Waals surface area (Å²) in [6.07, 6.45) is 6.23. The summed E-state index contributed by atoms with van der Waals surface area (Å²) in [5.41, 5.74) is 2.32. The van der Waals surface area contributed by atoms with Crippen molar-refractivity contribution < 1.29 is 9.59 Å². The summed E-state index contributed by atoms with van der Waals surface area (Å²) in [7, 11) is 0. The van der Waals surface area contributed by atoms with E-state index >= 15 is 0 Å². The third-order valence-electron chi connectivity index (χ3n) is 5.26. The Labute approximate surface area is 170 Å². The van der Waals surface area contributed by atoms with Crippen LogP contribution in [0.4, 0.5) is 5.95 Å². The van der Waals surface area contributed by atoms with E-state index in [1.54, 1.807) is 6.20 Å². The molecule has 0 aliphatic heterocycles. The first-order valence-corrected chi connectivity index (χ1v) is 10.3. The van der Waals surface area contributed by atoms with Gasteiger partial charge in [0.1, 0.15) is 0 Å². The molecule has 1 atom stereocenters. The number of benzene rings is 1. The number of aromatic nitrogens is 2. The lowest BCUT2D eigenvalue weighted by Gasteiger charge is -2.23. The minimum absolute atomic E-state index is 0.0296. The minimum Gasteiger partial charge on any atom is -0.294 e. The molecule has 0 fully saturated rings. The van der Waals surface area contributed by atoms with Crippen molar-refractivity contribution in [3.05, 3.63) is 52.3 Å². The first kappa shape index (κ1) is 20.5. The molecule has 1 heterocycles. The van der Waals surface area contributed by atoms with E-state index in [1.807, 2.05) is 24.3 Å². The summed E-state index contributed by atoms with van der Waals surface area (Å²) in [6, 6.07) is 7.58. The summed E-state index contributed by atoms with van der Waals surface area (Å²) >= 11 is 5.97. The van der Waals surface area contributed by atoms with E-state index < -0.39 is 0 Å². The van der Waals surface area contributed by atoms with Crippen molar-refractivity contribution in [3.8, 4) is 0 Å². The molecule has 0 bridgehead atoms. The Morgan fingerprint density at radius 2 is 1.86 bits per heavy atom. The Morgan fingerprint density at radius 1 is 1.18 bits per heavy atom. The van der Waals surface area contributed by atoms with Gasteiger partial charge in [-0.1, -0.05) is 50.4 Å². The number of nitrogens with one attached hydrogen (secondary N) is 1. The quantitative estimate of drug-likeness (QED) is 0.694. The number of nitrogens with zero attached hydrogens (tertiary/aromatic N) is 2. The Balaban J connectivity index is 1.78. The van der Waals surface area contributed by atoms with Gasteiger partial charge in [0.2, 0.25) is 11.9 Å². The SMILES string of the molecule is CCCC(CCC)C(=O)Nc1ncc2c(n1)C[C@H](c1ccc(Cl)cc1)CC2=O. The third-order valence-corrected chi connectivity index (χ3v) is 5.51. The van der Waals surface area contributed by atoms with Crippen molar-refractivity contribution >= 4 is 29.2 Å². The first-order chi connectivity index (χ1) is 13.5. The van der Waals surface area contributed by atoms with Gasteiger partial charge in [0, 0.05) is 23.6 Å². The standard InChI is InChI=1S/C22H26ClN3O2/c1-3-5-15(6-4-2)21(28)26-22-24-13-18-19(25-22)11-16(12-20(18)27)14-7-9-17(23)10-8-14/h7-10,13,15-16H,3-6,11-12H2,1-2H3,(H,24,25,26,28)/t16-/m0/s1. The number of hydrogen-bond donors (Lipinski definition) is 1. The van der Waals surface area contributed by atoms with Gasteiger partial charge in [-0.25, -0.2) is 9.97 Å². The van der Waals surface area contributed by atoms with Gasteiger partial charge in [-0.2, -0.15) is 0 Å². The van der Waals surface area contributed by atoms with E-state index in [2.05, 4.69) is 29.1 Å². The molecule has 1 aliphatic rings. The van der Waals surface area contributed by atoms with Crippen LogP contribution in [0.1, 0.15) is 73.5 Å². The van der Waals surface area contributed by atoms with Crippen molar-refractivity contribution in [1.82, 2.24) is 9.97 Å². The average molecular weight is 400 g/mol. The lowest BCUT2D eigenvalue weighted by atomic mass is 9.82. The number of carbonyl (C=O) groups is 2. The van der Waals surface area contributed by atoms with Crippen molar-refractivity contribution in [2.75, 3.05) is 5.32 Å². The second-order valence-electron chi connectivity index (χ2n) is 7.40. The zero-order valence-corrected chi connectivity index (χ0v) is 17.1. The molecule has 2 aromatic rings. The van der Waals surface area contributed by atoms with E-state index in [0.717, 1.165) is 31.2 Å². The number of anilines is 1. The zero-order valence-electron chi connectivity index (χ0n) is 16.4. The number of Topliss-reactive ketones (excluding diaryl/α,β-unsaturated/α-hetero) is 1. The molecule has 1 aliphatic carbocycles. The molecule has 0 spiro atoms. The zero-order chi connectivity index (χ0) is 20.1. The van der Waals surface area contributed by atoms with Gasteiger partial charge in [-0.3, -0.25) is 14.9 Å². The largest absolute Gasteiger partial charge is 0.294 e. The molecule has 1 N–H and O–H groups in total. The van der Waals surface area contributed by atoms with E-state index in [9.17, 15) is 9.59 Å². The molecule has 1 aromatic heterocycles. The van der Waals surface area contributed by atoms with Crippen LogP contribution in [0.15, 0.2) is 30.5 Å². The Morgan fingerprint density at radius 3 is 2.50 bits per heavy atom. The number of carbonyl (C=O) groups excluding carboxylic acids is 2. The number of hydrogen-bond acceptors (Lipinski definition) is 4. The molecule has 0 saturated carbocycles. The van der Waals surface area contributed by atoms with Crippen molar-refractivity contribution in [2.24, 2.45) is 5.92 Å². The van der Waals surface area contributed by atoms with Gasteiger partial charge in [0.15, 0.2) is 5.78 Å². The maximum Gasteiger partial charge on any atom is 0.229 e. The van der Waals surface area contributed by atoms with Crippen LogP contribution in [0.2, 0.25) is 5.02 Å². The summed E-state index contributed by atoms with van der Waals surface area (Å²) in [5, 5.41) is 3.52. The van der Waals surface area contributed by atoms with Gasteiger partial charge >= 0.3 is 0 Å². The van der Waals surface area contributed by atoms with Crippen LogP contribution < -0.4 is 5.32 Å². The number of halogens is 1. The molecule has 1 aromatic carbocycles. The van der Waals surface area contributed by atoms with Crippen LogP contribution in [0, 0.1) is 5.92 Å². The van der Waals surface area contributed by atoms with Crippen LogP contribution >= 0.6 is 11.6 Å². The van der Waals surface area contributed by atoms with Gasteiger partial charge in [-0.15, -0.1) is 0 Å². The highest BCUT2D eigenvalue weighted by Gasteiger charge is 2.28. The van der Waals surface area contributed by atoms with Gasteiger partial charge in [-0.05, 0) is 42.9 Å². The fraction of sp³-hybridized carbons (Fsp3) is 0.455. The van der Waals surface area contributed by atoms with Gasteiger partial charge in [0.25, 0.3) is 0 Å². The molecule has 6 heteroatoms. The van der Waals surface area contributed by atoms with Crippen LogP contribution in [0.3, 0.4) is 0 Å². The summed E-state index contributed by atoms with van der Waals surface area (Å²) in [5.74, 6) is 0.307. The Kier molecular flexibility index (Phi) is 6.79. The molecule has 0 radical (unpaired) electrons. The first-order valence-electron chi connectivity index (χ1n) is 9.97. The van der Waals surface area contributed by atoms with Crippen LogP contribution in [0.5, 0.6) is 0 Å². The molecule has 28 heavy (non-hydrogen) atoms. The Hall–Kier alpha value is -2.27. The van der Waals surface area contributed by atoms with E-state index in [1.165, 1.54) is 0 Å². The molecule has 5 nitrogen and oxygen atoms in total. The van der Waals surface area contributed by atoms with Crippen molar-refractivity contribution in [3.63, 3.8) is 0 Å². The lowest BCUT2D eigenvalue weighted by Crippen LogP contribution is -2.26. The molecule has 0 unspecified atom stereocenters. The topological polar surface area (TPSA) is 72.0 Å². The van der Waals surface area contributed by atoms with E-state index in [4.69, 9.17) is 11.6 Å². The monoisotopic (exact) mass is 399 g/mol. The molecular weight excluding hydrogens is 374 g/mol. The predicted octanol–water partition coefficient (Wildman–Crippen LogP) is 5.20. The fourth-order valence-electron chi connectivity index (χ4n) is 3.79. The number of rotatable bonds is 7. The molecule has 3 rings (SSSR count). The normalized spacial score (nSPS) is 16.1. The highest BCUT2D eigenvalue weighted by Crippen LogP contribution is 2.32. The average Bonchev–Trinajstić information content (AvgIpc) is 2.68. The van der Waals surface area contributed by atoms with Crippen molar-refractivity contribution in [1.29, 1.82) is 0 Å². The summed E-state index contributed by atoms with van der Waals surface area (Å²) in [6.45, 7) is 4.15. The number of amides is 1. The lowest BCUT2D eigenvalue weighted by molar-refractivity contribution is -0.120. The summed E-state index contributed by atoms with van der Waals surface area (Å²) in [4.78, 5) is 33.8. The maximum absolute atomic E-state index is 12.6. The summed E-state index contributed by atoms with van der Waals surface area (Å²) < 4.78 is 0. The third kappa shape index (κ3) is 4.76. The highest BCUT2D eigenvalue weighted by atomic mass is 35.5. The second kappa shape index (κ2) is 9.28. The van der Waals surface area contributed by atoms with Crippen LogP contribution in [-0.4, -0.2) is 21.7 Å². The molecular formula is C22H26ClN3O2. The minimum atomic E-state index is -0.0416. The molecule has 1 amide bonds. The second-order valence-corrected chi connectivity index (χ2v) is 7.83. The van der Waals surface area contributed by atoms with E-state index in [-0.39, 0.29) is 29.5 Å². The Bertz CT molecular complexity index is 845. The van der Waals surface area contributed by atoms with Gasteiger partial charge in [0.05, 0.1) is 11.3 Å². The predicted molar refractivity (Wildman–Crippen MR) is 111 cm³/mol. The molecule has 148 valence electrons. The van der Waals surface area contributed by atoms with Gasteiger partial charge < -0.3 is 0 Å². The van der Waals surface area contributed by atoms with E-state index in [0.29, 0.717) is 29.1 Å². The van der Waals surface area contributed by atoms with Crippen molar-refractivity contribution in [2.45, 2.75) is 58.3 Å². The number of fused-ring (bicyclic) bond motifs is 1. The highest BCUT2D eigenvalue weighted by molar-refractivity contribution is 6.30. The van der Waals surface area contributed by atoms with Crippen LogP contribution in [0.25, 0.3) is 0 Å². The smallest absolute Gasteiger partial charge is 0.229 e. The molecule has 0 saturated heterocycles. The van der Waals surface area contributed by atoms with Crippen LogP contribution in [-0.2, 0) is 11.2 Å². The fourth-order valence-corrected chi connectivity index (χ4v) is 3.92. The number of ketones is 1.